The predicted octanol–water partition coefficient (Wildman–Crippen LogP) is 4.64. The minimum absolute atomic E-state index is 0.0241. The van der Waals surface area contributed by atoms with Gasteiger partial charge in [-0.1, -0.05) is 66.7 Å². The maximum Gasteiger partial charge on any atom is 0.257 e. The third-order valence-electron chi connectivity index (χ3n) is 6.28. The van der Waals surface area contributed by atoms with Crippen LogP contribution < -0.4 is 0 Å². The van der Waals surface area contributed by atoms with E-state index in [1.54, 1.807) is 16.7 Å². The summed E-state index contributed by atoms with van der Waals surface area (Å²) in [7, 11) is -2.32. The summed E-state index contributed by atoms with van der Waals surface area (Å²) in [5, 5.41) is -0.0790. The number of aryl methyl sites for hydroxylation is 1. The minimum atomic E-state index is -3.83. The van der Waals surface area contributed by atoms with E-state index in [4.69, 9.17) is 4.74 Å². The number of hydrogen-bond acceptors (Lipinski definition) is 5. The molecule has 0 atom stereocenters. The first kappa shape index (κ1) is 27.2. The molecule has 1 heterocycles. The van der Waals surface area contributed by atoms with Crippen LogP contribution >= 0.6 is 0 Å². The molecule has 0 aliphatic rings. The van der Waals surface area contributed by atoms with Gasteiger partial charge in [-0.2, -0.15) is 0 Å². The zero-order chi connectivity index (χ0) is 27.1. The highest BCUT2D eigenvalue weighted by atomic mass is 32.2. The van der Waals surface area contributed by atoms with Gasteiger partial charge in [0.05, 0.1) is 42.9 Å². The largest absolute Gasteiger partial charge is 0.383 e. The molecule has 0 bridgehead atoms. The second-order valence-corrected chi connectivity index (χ2v) is 10.9. The van der Waals surface area contributed by atoms with E-state index in [0.29, 0.717) is 11.3 Å². The lowest BCUT2D eigenvalue weighted by atomic mass is 10.1. The highest BCUT2D eigenvalue weighted by Crippen LogP contribution is 2.22. The molecule has 0 aliphatic carbocycles. The Labute approximate surface area is 222 Å². The first-order valence-corrected chi connectivity index (χ1v) is 13.8. The Hall–Kier alpha value is -3.82. The summed E-state index contributed by atoms with van der Waals surface area (Å²) in [6.45, 7) is 2.55. The lowest BCUT2D eigenvalue weighted by Gasteiger charge is -2.24. The molecule has 0 spiro atoms. The molecule has 4 rings (SSSR count). The number of aromatic nitrogens is 2. The quantitative estimate of drug-likeness (QED) is 0.280. The van der Waals surface area contributed by atoms with Crippen LogP contribution in [0.2, 0.25) is 0 Å². The molecular formula is C29H30FN3O4S. The van der Waals surface area contributed by atoms with Crippen molar-refractivity contribution in [3.05, 3.63) is 119 Å². The molecule has 3 aromatic carbocycles. The van der Waals surface area contributed by atoms with Gasteiger partial charge >= 0.3 is 0 Å². The lowest BCUT2D eigenvalue weighted by molar-refractivity contribution is 0.0671. The smallest absolute Gasteiger partial charge is 0.257 e. The van der Waals surface area contributed by atoms with Crippen molar-refractivity contribution in [2.75, 3.05) is 20.3 Å². The zero-order valence-electron chi connectivity index (χ0n) is 21.4. The van der Waals surface area contributed by atoms with Gasteiger partial charge in [-0.25, -0.2) is 17.8 Å². The van der Waals surface area contributed by atoms with Crippen molar-refractivity contribution in [3.8, 4) is 0 Å². The van der Waals surface area contributed by atoms with E-state index in [2.05, 4.69) is 4.98 Å². The SMILES string of the molecule is COCCN(Cc1cnc(S(=O)(=O)Cc2ccccc2C)n1Cc1ccccc1)C(=O)c1ccccc1F. The standard InChI is InChI=1S/C29H30FN3O4S/c1-22-10-6-7-13-24(22)21-38(35,36)29-31-18-25(33(29)19-23-11-4-3-5-12-23)20-32(16-17-37-2)28(34)26-14-8-9-15-27(26)30/h3-15,18H,16-17,19-21H2,1-2H3. The molecule has 198 valence electrons. The highest BCUT2D eigenvalue weighted by molar-refractivity contribution is 7.90. The van der Waals surface area contributed by atoms with Gasteiger partial charge in [-0.3, -0.25) is 4.79 Å². The molecule has 9 heteroatoms. The second kappa shape index (κ2) is 12.1. The van der Waals surface area contributed by atoms with E-state index in [0.717, 1.165) is 11.1 Å². The van der Waals surface area contributed by atoms with Gasteiger partial charge in [0.2, 0.25) is 15.0 Å². The number of rotatable bonds is 11. The summed E-state index contributed by atoms with van der Waals surface area (Å²) in [4.78, 5) is 19.1. The third kappa shape index (κ3) is 6.35. The average molecular weight is 536 g/mol. The normalized spacial score (nSPS) is 11.4. The van der Waals surface area contributed by atoms with Crippen molar-refractivity contribution in [2.45, 2.75) is 30.9 Å². The molecule has 0 saturated heterocycles. The van der Waals surface area contributed by atoms with E-state index >= 15 is 0 Å². The van der Waals surface area contributed by atoms with E-state index in [1.165, 1.54) is 36.4 Å². The number of benzene rings is 3. The second-order valence-electron chi connectivity index (χ2n) is 8.99. The van der Waals surface area contributed by atoms with Crippen LogP contribution in [0, 0.1) is 12.7 Å². The Morgan fingerprint density at radius 1 is 1.00 bits per heavy atom. The maximum absolute atomic E-state index is 14.5. The van der Waals surface area contributed by atoms with Gasteiger partial charge in [0.1, 0.15) is 5.82 Å². The van der Waals surface area contributed by atoms with Gasteiger partial charge in [-0.15, -0.1) is 0 Å². The number of halogens is 1. The summed E-state index contributed by atoms with van der Waals surface area (Å²) >= 11 is 0. The van der Waals surface area contributed by atoms with Crippen molar-refractivity contribution in [1.82, 2.24) is 14.5 Å². The number of nitrogens with zero attached hydrogens (tertiary/aromatic N) is 3. The first-order valence-electron chi connectivity index (χ1n) is 12.2. The van der Waals surface area contributed by atoms with Crippen LogP contribution in [-0.2, 0) is 33.4 Å². The van der Waals surface area contributed by atoms with Crippen molar-refractivity contribution >= 4 is 15.7 Å². The average Bonchev–Trinajstić information content (AvgIpc) is 3.31. The van der Waals surface area contributed by atoms with Crippen molar-refractivity contribution in [2.24, 2.45) is 0 Å². The molecular weight excluding hydrogens is 505 g/mol. The number of carbonyl (C=O) groups is 1. The Morgan fingerprint density at radius 3 is 2.39 bits per heavy atom. The van der Waals surface area contributed by atoms with Crippen LogP contribution in [0.1, 0.15) is 32.7 Å². The van der Waals surface area contributed by atoms with Crippen LogP contribution in [0.4, 0.5) is 4.39 Å². The summed E-state index contributed by atoms with van der Waals surface area (Å²) in [5.74, 6) is -1.34. The van der Waals surface area contributed by atoms with E-state index in [9.17, 15) is 17.6 Å². The fourth-order valence-electron chi connectivity index (χ4n) is 4.20. The maximum atomic E-state index is 14.5. The Balaban J connectivity index is 1.73. The van der Waals surface area contributed by atoms with Gasteiger partial charge in [0.25, 0.3) is 5.91 Å². The third-order valence-corrected chi connectivity index (χ3v) is 7.85. The van der Waals surface area contributed by atoms with Crippen LogP contribution in [0.5, 0.6) is 0 Å². The van der Waals surface area contributed by atoms with Crippen molar-refractivity contribution in [3.63, 3.8) is 0 Å². The Bertz CT molecular complexity index is 1500. The van der Waals surface area contributed by atoms with E-state index in [1.807, 2.05) is 55.5 Å². The molecule has 7 nitrogen and oxygen atoms in total. The molecule has 1 amide bonds. The summed E-state index contributed by atoms with van der Waals surface area (Å²) in [6.07, 6.45) is 1.47. The molecule has 0 N–H and O–H groups in total. The molecule has 0 fully saturated rings. The van der Waals surface area contributed by atoms with Crippen molar-refractivity contribution < 1.29 is 22.3 Å². The fraction of sp³-hybridized carbons (Fsp3) is 0.241. The summed E-state index contributed by atoms with van der Waals surface area (Å²) < 4.78 is 48.5. The fourth-order valence-corrected chi connectivity index (χ4v) is 5.79. The molecule has 4 aromatic rings. The lowest BCUT2D eigenvalue weighted by Crippen LogP contribution is -2.35. The number of imidazole rings is 1. The molecule has 0 unspecified atom stereocenters. The number of hydrogen-bond donors (Lipinski definition) is 0. The molecule has 0 saturated carbocycles. The summed E-state index contributed by atoms with van der Waals surface area (Å²) in [6, 6.07) is 22.5. The van der Waals surface area contributed by atoms with Crippen LogP contribution in [0.15, 0.2) is 90.2 Å². The van der Waals surface area contributed by atoms with Crippen LogP contribution in [-0.4, -0.2) is 49.0 Å². The predicted molar refractivity (Wildman–Crippen MR) is 143 cm³/mol. The first-order chi connectivity index (χ1) is 18.3. The molecule has 1 aromatic heterocycles. The number of ether oxygens (including phenoxy) is 1. The van der Waals surface area contributed by atoms with E-state index in [-0.39, 0.29) is 42.7 Å². The Kier molecular flexibility index (Phi) is 8.70. The topological polar surface area (TPSA) is 81.5 Å². The Morgan fingerprint density at radius 2 is 1.68 bits per heavy atom. The monoisotopic (exact) mass is 535 g/mol. The van der Waals surface area contributed by atoms with Crippen LogP contribution in [0.25, 0.3) is 0 Å². The van der Waals surface area contributed by atoms with Gasteiger partial charge in [0, 0.05) is 13.7 Å². The van der Waals surface area contributed by atoms with Gasteiger partial charge in [0.15, 0.2) is 0 Å². The number of sulfone groups is 1. The number of amides is 1. The van der Waals surface area contributed by atoms with Crippen LogP contribution in [0.3, 0.4) is 0 Å². The zero-order valence-corrected chi connectivity index (χ0v) is 22.2. The molecule has 38 heavy (non-hydrogen) atoms. The van der Waals surface area contributed by atoms with Gasteiger partial charge in [-0.05, 0) is 35.7 Å². The molecule has 0 radical (unpaired) electrons. The van der Waals surface area contributed by atoms with E-state index < -0.39 is 21.6 Å². The summed E-state index contributed by atoms with van der Waals surface area (Å²) in [5.41, 5.74) is 2.89. The van der Waals surface area contributed by atoms with Crippen molar-refractivity contribution in [1.29, 1.82) is 0 Å². The van der Waals surface area contributed by atoms with Gasteiger partial charge < -0.3 is 14.2 Å². The highest BCUT2D eigenvalue weighted by Gasteiger charge is 2.27. The minimum Gasteiger partial charge on any atom is -0.383 e. The number of carbonyl (C=O) groups excluding carboxylic acids is 1. The molecule has 0 aliphatic heterocycles. The number of methoxy groups -OCH3 is 1.